The van der Waals surface area contributed by atoms with Gasteiger partial charge < -0.3 is 16.0 Å². The molecule has 1 atom stereocenters. The summed E-state index contributed by atoms with van der Waals surface area (Å²) in [6.45, 7) is 5.47. The third kappa shape index (κ3) is 4.34. The van der Waals surface area contributed by atoms with E-state index in [1.54, 1.807) is 0 Å². The van der Waals surface area contributed by atoms with Gasteiger partial charge in [-0.1, -0.05) is 6.92 Å². The molecule has 0 aromatic rings. The van der Waals surface area contributed by atoms with Crippen LogP contribution in [0.15, 0.2) is 0 Å². The Labute approximate surface area is 103 Å². The minimum absolute atomic E-state index is 0.00581. The van der Waals surface area contributed by atoms with Crippen LogP contribution in [0.1, 0.15) is 33.1 Å². The van der Waals surface area contributed by atoms with Crippen LogP contribution in [-0.4, -0.2) is 42.4 Å². The average Bonchev–Trinajstić information content (AvgIpc) is 2.28. The largest absolute Gasteiger partial charge is 0.353 e. The smallest absolute Gasteiger partial charge is 0.225 e. The van der Waals surface area contributed by atoms with Crippen molar-refractivity contribution < 1.29 is 9.59 Å². The zero-order valence-electron chi connectivity index (χ0n) is 10.7. The van der Waals surface area contributed by atoms with Gasteiger partial charge in [0.2, 0.25) is 11.8 Å². The topological polar surface area (TPSA) is 75.4 Å². The number of rotatable bonds is 4. The van der Waals surface area contributed by atoms with Gasteiger partial charge in [0, 0.05) is 32.0 Å². The molecule has 5 nitrogen and oxygen atoms in total. The van der Waals surface area contributed by atoms with E-state index in [-0.39, 0.29) is 23.8 Å². The summed E-state index contributed by atoms with van der Waals surface area (Å²) in [6.07, 6.45) is 2.44. The fraction of sp³-hybridized carbons (Fsp3) is 0.833. The summed E-state index contributed by atoms with van der Waals surface area (Å²) in [5.74, 6) is 0.209. The summed E-state index contributed by atoms with van der Waals surface area (Å²) in [4.78, 5) is 24.8. The maximum atomic E-state index is 12.0. The van der Waals surface area contributed by atoms with Crippen LogP contribution in [0.3, 0.4) is 0 Å². The molecule has 0 radical (unpaired) electrons. The second kappa shape index (κ2) is 6.59. The van der Waals surface area contributed by atoms with E-state index >= 15 is 0 Å². The highest BCUT2D eigenvalue weighted by Crippen LogP contribution is 2.14. The third-order valence-corrected chi connectivity index (χ3v) is 3.24. The van der Waals surface area contributed by atoms with E-state index in [0.717, 1.165) is 32.4 Å². The van der Waals surface area contributed by atoms with Crippen LogP contribution in [0.2, 0.25) is 0 Å². The molecule has 1 aliphatic rings. The Bertz CT molecular complexity index is 273. The number of nitrogens with zero attached hydrogens (tertiary/aromatic N) is 1. The predicted molar refractivity (Wildman–Crippen MR) is 66.3 cm³/mol. The molecule has 0 aliphatic carbocycles. The molecule has 1 heterocycles. The highest BCUT2D eigenvalue weighted by Gasteiger charge is 2.25. The molecular weight excluding hydrogens is 218 g/mol. The van der Waals surface area contributed by atoms with Crippen molar-refractivity contribution >= 4 is 11.8 Å². The fourth-order valence-electron chi connectivity index (χ4n) is 2.22. The van der Waals surface area contributed by atoms with E-state index < -0.39 is 0 Å². The lowest BCUT2D eigenvalue weighted by Gasteiger charge is -2.33. The van der Waals surface area contributed by atoms with Gasteiger partial charge in [-0.3, -0.25) is 9.59 Å². The van der Waals surface area contributed by atoms with Crippen molar-refractivity contribution in [3.63, 3.8) is 0 Å². The minimum Gasteiger partial charge on any atom is -0.353 e. The van der Waals surface area contributed by atoms with Crippen LogP contribution >= 0.6 is 0 Å². The Kier molecular flexibility index (Phi) is 5.41. The highest BCUT2D eigenvalue weighted by molar-refractivity contribution is 5.78. The number of nitrogens with two attached hydrogens (primary N) is 1. The van der Waals surface area contributed by atoms with Gasteiger partial charge in [0.1, 0.15) is 0 Å². The van der Waals surface area contributed by atoms with Gasteiger partial charge in [-0.2, -0.15) is 0 Å². The van der Waals surface area contributed by atoms with E-state index in [9.17, 15) is 9.59 Å². The number of hydrogen-bond donors (Lipinski definition) is 2. The quantitative estimate of drug-likeness (QED) is 0.733. The standard InChI is InChI=1S/C12H23N3O2/c1-9(3-6-13)12(17)15-7-4-11(5-8-15)14-10(2)16/h9,11H,3-8,13H2,1-2H3,(H,14,16). The number of carbonyl (C=O) groups is 2. The second-order valence-corrected chi connectivity index (χ2v) is 4.78. The fourth-order valence-corrected chi connectivity index (χ4v) is 2.22. The number of nitrogens with one attached hydrogen (secondary N) is 1. The summed E-state index contributed by atoms with van der Waals surface area (Å²) in [5, 5.41) is 2.90. The van der Waals surface area contributed by atoms with Crippen molar-refractivity contribution in [2.75, 3.05) is 19.6 Å². The lowest BCUT2D eigenvalue weighted by Crippen LogP contribution is -2.47. The first-order chi connectivity index (χ1) is 8.04. The summed E-state index contributed by atoms with van der Waals surface area (Å²) in [7, 11) is 0. The average molecular weight is 241 g/mol. The molecule has 17 heavy (non-hydrogen) atoms. The van der Waals surface area contributed by atoms with Crippen LogP contribution in [0.25, 0.3) is 0 Å². The molecule has 1 aliphatic heterocycles. The van der Waals surface area contributed by atoms with Crippen molar-refractivity contribution in [1.29, 1.82) is 0 Å². The van der Waals surface area contributed by atoms with Gasteiger partial charge in [-0.25, -0.2) is 0 Å². The molecule has 1 fully saturated rings. The molecule has 0 aromatic heterocycles. The van der Waals surface area contributed by atoms with E-state index in [1.807, 2.05) is 11.8 Å². The Morgan fingerprint density at radius 3 is 2.47 bits per heavy atom. The summed E-state index contributed by atoms with van der Waals surface area (Å²) in [6, 6.07) is 0.223. The monoisotopic (exact) mass is 241 g/mol. The van der Waals surface area contributed by atoms with Crippen molar-refractivity contribution in [3.8, 4) is 0 Å². The maximum Gasteiger partial charge on any atom is 0.225 e. The SMILES string of the molecule is CC(=O)NC1CCN(C(=O)C(C)CCN)CC1. The van der Waals surface area contributed by atoms with Crippen molar-refractivity contribution in [1.82, 2.24) is 10.2 Å². The first-order valence-electron chi connectivity index (χ1n) is 6.30. The van der Waals surface area contributed by atoms with E-state index in [0.29, 0.717) is 6.54 Å². The molecule has 3 N–H and O–H groups in total. The van der Waals surface area contributed by atoms with Crippen LogP contribution in [-0.2, 0) is 9.59 Å². The van der Waals surface area contributed by atoms with Gasteiger partial charge in [0.05, 0.1) is 0 Å². The zero-order valence-corrected chi connectivity index (χ0v) is 10.7. The Hall–Kier alpha value is -1.10. The molecule has 1 rings (SSSR count). The number of hydrogen-bond acceptors (Lipinski definition) is 3. The van der Waals surface area contributed by atoms with E-state index in [4.69, 9.17) is 5.73 Å². The van der Waals surface area contributed by atoms with Crippen LogP contribution in [0.4, 0.5) is 0 Å². The normalized spacial score (nSPS) is 18.9. The van der Waals surface area contributed by atoms with E-state index in [1.165, 1.54) is 6.92 Å². The maximum absolute atomic E-state index is 12.0. The molecule has 0 aromatic carbocycles. The minimum atomic E-state index is 0.00581. The summed E-state index contributed by atoms with van der Waals surface area (Å²) < 4.78 is 0. The Balaban J connectivity index is 2.35. The zero-order chi connectivity index (χ0) is 12.8. The predicted octanol–water partition coefficient (Wildman–Crippen LogP) is 0.0984. The van der Waals surface area contributed by atoms with Gasteiger partial charge in [0.25, 0.3) is 0 Å². The molecular formula is C12H23N3O2. The van der Waals surface area contributed by atoms with E-state index in [2.05, 4.69) is 5.32 Å². The van der Waals surface area contributed by atoms with Crippen molar-refractivity contribution in [3.05, 3.63) is 0 Å². The Morgan fingerprint density at radius 1 is 1.41 bits per heavy atom. The number of carbonyl (C=O) groups excluding carboxylic acids is 2. The van der Waals surface area contributed by atoms with Gasteiger partial charge in [-0.05, 0) is 25.8 Å². The molecule has 1 unspecified atom stereocenters. The lowest BCUT2D eigenvalue weighted by atomic mass is 10.0. The Morgan fingerprint density at radius 2 is 2.00 bits per heavy atom. The van der Waals surface area contributed by atoms with Crippen molar-refractivity contribution in [2.24, 2.45) is 11.7 Å². The molecule has 2 amide bonds. The summed E-state index contributed by atoms with van der Waals surface area (Å²) in [5.41, 5.74) is 5.46. The molecule has 5 heteroatoms. The summed E-state index contributed by atoms with van der Waals surface area (Å²) >= 11 is 0. The van der Waals surface area contributed by atoms with Gasteiger partial charge in [-0.15, -0.1) is 0 Å². The number of amides is 2. The van der Waals surface area contributed by atoms with Crippen LogP contribution < -0.4 is 11.1 Å². The first-order valence-corrected chi connectivity index (χ1v) is 6.30. The number of piperidine rings is 1. The highest BCUT2D eigenvalue weighted by atomic mass is 16.2. The second-order valence-electron chi connectivity index (χ2n) is 4.78. The lowest BCUT2D eigenvalue weighted by molar-refractivity contribution is -0.136. The van der Waals surface area contributed by atoms with Crippen LogP contribution in [0.5, 0.6) is 0 Å². The third-order valence-electron chi connectivity index (χ3n) is 3.24. The van der Waals surface area contributed by atoms with Gasteiger partial charge in [0.15, 0.2) is 0 Å². The molecule has 0 saturated carbocycles. The number of likely N-dealkylation sites (tertiary alicyclic amines) is 1. The molecule has 1 saturated heterocycles. The molecule has 0 bridgehead atoms. The first kappa shape index (κ1) is 14.0. The van der Waals surface area contributed by atoms with Crippen molar-refractivity contribution in [2.45, 2.75) is 39.2 Å². The molecule has 98 valence electrons. The van der Waals surface area contributed by atoms with Gasteiger partial charge >= 0.3 is 0 Å². The van der Waals surface area contributed by atoms with Crippen LogP contribution in [0, 0.1) is 5.92 Å². The molecule has 0 spiro atoms.